The van der Waals surface area contributed by atoms with Gasteiger partial charge in [0.1, 0.15) is 6.61 Å². The van der Waals surface area contributed by atoms with Crippen LogP contribution in [0.3, 0.4) is 0 Å². The Balaban J connectivity index is 2.83. The first-order valence-electron chi connectivity index (χ1n) is 4.31. The van der Waals surface area contributed by atoms with Crippen molar-refractivity contribution >= 4 is 27.4 Å². The van der Waals surface area contributed by atoms with Crippen LogP contribution in [-0.4, -0.2) is 19.0 Å². The third-order valence-corrected chi connectivity index (χ3v) is 2.42. The molecule has 1 rings (SSSR count). The minimum Gasteiger partial charge on any atom is -0.399 e. The molecule has 0 atom stereocenters. The number of carbonyl (C=O) groups is 1. The average Bonchev–Trinajstić information content (AvgIpc) is 2.18. The van der Waals surface area contributed by atoms with E-state index >= 15 is 0 Å². The Morgan fingerprint density at radius 1 is 1.57 bits per heavy atom. The molecule has 14 heavy (non-hydrogen) atoms. The minimum atomic E-state index is -0.0639. The smallest absolute Gasteiger partial charge is 0.189 e. The van der Waals surface area contributed by atoms with Crippen LogP contribution < -0.4 is 5.73 Å². The molecule has 0 radical (unpaired) electrons. The summed E-state index contributed by atoms with van der Waals surface area (Å²) < 4.78 is 5.78. The first-order chi connectivity index (χ1) is 6.65. The summed E-state index contributed by atoms with van der Waals surface area (Å²) >= 11 is 3.29. The molecule has 1 aromatic rings. The van der Waals surface area contributed by atoms with Gasteiger partial charge in [-0.1, -0.05) is 15.9 Å². The van der Waals surface area contributed by atoms with E-state index in [1.165, 1.54) is 0 Å². The summed E-state index contributed by atoms with van der Waals surface area (Å²) in [6, 6.07) is 5.14. The van der Waals surface area contributed by atoms with Gasteiger partial charge in [0.25, 0.3) is 0 Å². The largest absolute Gasteiger partial charge is 0.399 e. The molecule has 2 N–H and O–H groups in total. The summed E-state index contributed by atoms with van der Waals surface area (Å²) in [5.74, 6) is -0.0639. The number of halogens is 1. The maximum absolute atomic E-state index is 11.6. The quantitative estimate of drug-likeness (QED) is 0.665. The number of carbonyl (C=O) groups excluding carboxylic acids is 1. The Kier molecular flexibility index (Phi) is 4.10. The lowest BCUT2D eigenvalue weighted by molar-refractivity contribution is 0.0782. The van der Waals surface area contributed by atoms with Crippen LogP contribution in [-0.2, 0) is 4.74 Å². The molecule has 3 nitrogen and oxygen atoms in total. The Labute approximate surface area is 91.4 Å². The average molecular weight is 258 g/mol. The lowest BCUT2D eigenvalue weighted by Crippen LogP contribution is -2.10. The lowest BCUT2D eigenvalue weighted by Gasteiger charge is -2.04. The first-order valence-corrected chi connectivity index (χ1v) is 5.10. The van der Waals surface area contributed by atoms with Crippen LogP contribution in [0, 0.1) is 0 Å². The van der Waals surface area contributed by atoms with E-state index in [0.717, 1.165) is 4.47 Å². The Morgan fingerprint density at radius 2 is 2.29 bits per heavy atom. The maximum Gasteiger partial charge on any atom is 0.189 e. The highest BCUT2D eigenvalue weighted by Gasteiger charge is 2.09. The number of anilines is 1. The molecule has 0 amide bonds. The van der Waals surface area contributed by atoms with Crippen molar-refractivity contribution in [2.75, 3.05) is 18.9 Å². The van der Waals surface area contributed by atoms with Crippen LogP contribution in [0.5, 0.6) is 0 Å². The number of rotatable bonds is 4. The number of nitrogens with two attached hydrogens (primary N) is 1. The summed E-state index contributed by atoms with van der Waals surface area (Å²) in [6.45, 7) is 2.48. The number of ether oxygens (including phenoxy) is 1. The van der Waals surface area contributed by atoms with Gasteiger partial charge in [0.05, 0.1) is 0 Å². The fourth-order valence-electron chi connectivity index (χ4n) is 1.03. The number of nitrogen functional groups attached to an aromatic ring is 1. The van der Waals surface area contributed by atoms with E-state index in [1.54, 1.807) is 18.2 Å². The zero-order valence-corrected chi connectivity index (χ0v) is 9.50. The normalized spacial score (nSPS) is 10.1. The van der Waals surface area contributed by atoms with Crippen molar-refractivity contribution in [1.29, 1.82) is 0 Å². The van der Waals surface area contributed by atoms with Gasteiger partial charge in [0.15, 0.2) is 5.78 Å². The summed E-state index contributed by atoms with van der Waals surface area (Å²) in [5.41, 5.74) is 6.72. The Morgan fingerprint density at radius 3 is 2.93 bits per heavy atom. The molecular weight excluding hydrogens is 246 g/mol. The van der Waals surface area contributed by atoms with E-state index in [9.17, 15) is 4.79 Å². The fourth-order valence-corrected chi connectivity index (χ4v) is 1.50. The first kappa shape index (κ1) is 11.2. The molecule has 1 aromatic carbocycles. The molecule has 0 heterocycles. The molecule has 0 saturated heterocycles. The molecule has 4 heteroatoms. The third kappa shape index (κ3) is 2.82. The van der Waals surface area contributed by atoms with Gasteiger partial charge in [-0.2, -0.15) is 0 Å². The minimum absolute atomic E-state index is 0.0639. The maximum atomic E-state index is 11.6. The molecule has 0 aliphatic rings. The second kappa shape index (κ2) is 5.12. The SMILES string of the molecule is CCOCC(=O)c1cc(N)ccc1Br. The predicted molar refractivity (Wildman–Crippen MR) is 59.4 cm³/mol. The number of hydrogen-bond donors (Lipinski definition) is 1. The van der Waals surface area contributed by atoms with Crippen molar-refractivity contribution in [3.05, 3.63) is 28.2 Å². The Hall–Kier alpha value is -0.870. The van der Waals surface area contributed by atoms with Gasteiger partial charge in [0, 0.05) is 22.3 Å². The van der Waals surface area contributed by atoms with Gasteiger partial charge in [-0.05, 0) is 25.1 Å². The zero-order valence-electron chi connectivity index (χ0n) is 7.92. The highest BCUT2D eigenvalue weighted by Crippen LogP contribution is 2.19. The van der Waals surface area contributed by atoms with Crippen LogP contribution in [0.1, 0.15) is 17.3 Å². The van der Waals surface area contributed by atoms with E-state index in [2.05, 4.69) is 15.9 Å². The van der Waals surface area contributed by atoms with E-state index in [-0.39, 0.29) is 12.4 Å². The standard InChI is InChI=1S/C10H12BrNO2/c1-2-14-6-10(13)8-5-7(12)3-4-9(8)11/h3-5H,2,6,12H2,1H3. The van der Waals surface area contributed by atoms with Crippen LogP contribution in [0.2, 0.25) is 0 Å². The molecule has 0 saturated carbocycles. The van der Waals surface area contributed by atoms with Crippen LogP contribution in [0.25, 0.3) is 0 Å². The Bertz CT molecular complexity index is 339. The molecule has 0 aliphatic heterocycles. The van der Waals surface area contributed by atoms with Crippen molar-refractivity contribution in [2.24, 2.45) is 0 Å². The highest BCUT2D eigenvalue weighted by atomic mass is 79.9. The zero-order chi connectivity index (χ0) is 10.6. The number of benzene rings is 1. The third-order valence-electron chi connectivity index (χ3n) is 1.73. The summed E-state index contributed by atoms with van der Waals surface area (Å²) in [6.07, 6.45) is 0. The molecule has 0 bridgehead atoms. The second-order valence-corrected chi connectivity index (χ2v) is 3.65. The van der Waals surface area contributed by atoms with Crippen LogP contribution in [0.15, 0.2) is 22.7 Å². The summed E-state index contributed by atoms with van der Waals surface area (Å²) in [4.78, 5) is 11.6. The molecular formula is C10H12BrNO2. The van der Waals surface area contributed by atoms with Crippen molar-refractivity contribution in [3.63, 3.8) is 0 Å². The molecule has 0 aromatic heterocycles. The number of hydrogen-bond acceptors (Lipinski definition) is 3. The molecule has 0 spiro atoms. The molecule has 0 aliphatic carbocycles. The van der Waals surface area contributed by atoms with Crippen molar-refractivity contribution in [3.8, 4) is 0 Å². The van der Waals surface area contributed by atoms with E-state index in [4.69, 9.17) is 10.5 Å². The van der Waals surface area contributed by atoms with Crippen molar-refractivity contribution in [2.45, 2.75) is 6.92 Å². The monoisotopic (exact) mass is 257 g/mol. The van der Waals surface area contributed by atoms with Crippen molar-refractivity contribution < 1.29 is 9.53 Å². The van der Waals surface area contributed by atoms with E-state index in [1.807, 2.05) is 6.92 Å². The van der Waals surface area contributed by atoms with E-state index in [0.29, 0.717) is 17.9 Å². The lowest BCUT2D eigenvalue weighted by atomic mass is 10.1. The number of Topliss-reactive ketones (excluding diaryl/α,β-unsaturated/α-hetero) is 1. The van der Waals surface area contributed by atoms with Gasteiger partial charge < -0.3 is 10.5 Å². The van der Waals surface area contributed by atoms with Crippen molar-refractivity contribution in [1.82, 2.24) is 0 Å². The van der Waals surface area contributed by atoms with Crippen LogP contribution in [0.4, 0.5) is 5.69 Å². The van der Waals surface area contributed by atoms with Gasteiger partial charge >= 0.3 is 0 Å². The molecule has 0 unspecified atom stereocenters. The van der Waals surface area contributed by atoms with Gasteiger partial charge in [0.2, 0.25) is 0 Å². The fraction of sp³-hybridized carbons (Fsp3) is 0.300. The predicted octanol–water partition coefficient (Wildman–Crippen LogP) is 2.25. The van der Waals surface area contributed by atoms with E-state index < -0.39 is 0 Å². The van der Waals surface area contributed by atoms with Gasteiger partial charge in [-0.15, -0.1) is 0 Å². The second-order valence-electron chi connectivity index (χ2n) is 2.80. The number of ketones is 1. The highest BCUT2D eigenvalue weighted by molar-refractivity contribution is 9.10. The van der Waals surface area contributed by atoms with Gasteiger partial charge in [-0.3, -0.25) is 4.79 Å². The summed E-state index contributed by atoms with van der Waals surface area (Å²) in [5, 5.41) is 0. The topological polar surface area (TPSA) is 52.3 Å². The summed E-state index contributed by atoms with van der Waals surface area (Å²) in [7, 11) is 0. The molecule has 0 fully saturated rings. The van der Waals surface area contributed by atoms with Crippen LogP contribution >= 0.6 is 15.9 Å². The van der Waals surface area contributed by atoms with Gasteiger partial charge in [-0.25, -0.2) is 0 Å². The molecule has 76 valence electrons.